The van der Waals surface area contributed by atoms with Gasteiger partial charge in [-0.05, 0) is 24.1 Å². The zero-order valence-electron chi connectivity index (χ0n) is 12.5. The molecule has 118 valence electrons. The highest BCUT2D eigenvalue weighted by molar-refractivity contribution is 5.85. The molecule has 0 saturated carbocycles. The minimum atomic E-state index is -0.561. The first-order chi connectivity index (χ1) is 9.65. The first-order valence-electron chi connectivity index (χ1n) is 6.83. The van der Waals surface area contributed by atoms with E-state index in [9.17, 15) is 4.79 Å². The maximum absolute atomic E-state index is 12.1. The van der Waals surface area contributed by atoms with Crippen LogP contribution in [0.2, 0.25) is 0 Å². The smallest absolute Gasteiger partial charge is 0.241 e. The van der Waals surface area contributed by atoms with E-state index in [2.05, 4.69) is 12.1 Å². The zero-order chi connectivity index (χ0) is 14.5. The summed E-state index contributed by atoms with van der Waals surface area (Å²) in [5.74, 6) is 1.20. The van der Waals surface area contributed by atoms with E-state index in [-0.39, 0.29) is 24.9 Å². The summed E-state index contributed by atoms with van der Waals surface area (Å²) >= 11 is 0. The molecule has 2 unspecified atom stereocenters. The molecule has 2 rings (SSSR count). The van der Waals surface area contributed by atoms with Crippen LogP contribution in [0.25, 0.3) is 0 Å². The lowest BCUT2D eigenvalue weighted by atomic mass is 9.98. The van der Waals surface area contributed by atoms with Crippen molar-refractivity contribution in [3.8, 4) is 5.75 Å². The van der Waals surface area contributed by atoms with Crippen molar-refractivity contribution in [2.75, 3.05) is 33.9 Å². The second kappa shape index (κ2) is 8.22. The van der Waals surface area contributed by atoms with E-state index in [1.807, 2.05) is 17.0 Å². The molecule has 1 heterocycles. The zero-order valence-corrected chi connectivity index (χ0v) is 13.3. The first kappa shape index (κ1) is 17.8. The maximum atomic E-state index is 12.1. The second-order valence-electron chi connectivity index (χ2n) is 5.10. The number of rotatable bonds is 5. The summed E-state index contributed by atoms with van der Waals surface area (Å²) in [6, 6.07) is 7.47. The van der Waals surface area contributed by atoms with Gasteiger partial charge in [-0.3, -0.25) is 4.79 Å². The van der Waals surface area contributed by atoms with Crippen molar-refractivity contribution >= 4 is 18.3 Å². The van der Waals surface area contributed by atoms with Crippen LogP contribution in [0.4, 0.5) is 0 Å². The molecule has 0 aliphatic carbocycles. The largest absolute Gasteiger partial charge is 0.497 e. The molecule has 2 atom stereocenters. The molecule has 0 bridgehead atoms. The molecule has 21 heavy (non-hydrogen) atoms. The third kappa shape index (κ3) is 4.33. The topological polar surface area (TPSA) is 64.8 Å². The summed E-state index contributed by atoms with van der Waals surface area (Å²) < 4.78 is 10.1. The van der Waals surface area contributed by atoms with E-state index >= 15 is 0 Å². The number of halogens is 1. The normalized spacial score (nSPS) is 19.0. The fourth-order valence-electron chi connectivity index (χ4n) is 2.59. The lowest BCUT2D eigenvalue weighted by molar-refractivity contribution is -0.132. The summed E-state index contributed by atoms with van der Waals surface area (Å²) in [6.45, 7) is 1.75. The molecular weight excluding hydrogens is 292 g/mol. The molecule has 1 amide bonds. The molecule has 1 aromatic carbocycles. The SMILES string of the molecule is COCC(N)C(=O)N1CCC(c2ccc(OC)cc2)C1.Cl. The van der Waals surface area contributed by atoms with E-state index in [0.29, 0.717) is 5.92 Å². The lowest BCUT2D eigenvalue weighted by Crippen LogP contribution is -2.45. The van der Waals surface area contributed by atoms with Crippen molar-refractivity contribution in [2.45, 2.75) is 18.4 Å². The number of hydrogen-bond donors (Lipinski definition) is 1. The Labute approximate surface area is 131 Å². The monoisotopic (exact) mass is 314 g/mol. The number of likely N-dealkylation sites (tertiary alicyclic amines) is 1. The molecule has 2 N–H and O–H groups in total. The summed E-state index contributed by atoms with van der Waals surface area (Å²) in [7, 11) is 3.21. The maximum Gasteiger partial charge on any atom is 0.241 e. The Morgan fingerprint density at radius 3 is 2.62 bits per heavy atom. The molecule has 0 aromatic heterocycles. The van der Waals surface area contributed by atoms with Crippen molar-refractivity contribution in [3.63, 3.8) is 0 Å². The molecule has 1 aromatic rings. The van der Waals surface area contributed by atoms with Gasteiger partial charge in [-0.25, -0.2) is 0 Å². The van der Waals surface area contributed by atoms with Crippen LogP contribution in [0.1, 0.15) is 17.9 Å². The van der Waals surface area contributed by atoms with Gasteiger partial charge in [0.15, 0.2) is 0 Å². The molecule has 1 aliphatic heterocycles. The third-order valence-electron chi connectivity index (χ3n) is 3.75. The quantitative estimate of drug-likeness (QED) is 0.892. The van der Waals surface area contributed by atoms with Crippen LogP contribution < -0.4 is 10.5 Å². The van der Waals surface area contributed by atoms with Gasteiger partial charge in [-0.15, -0.1) is 12.4 Å². The van der Waals surface area contributed by atoms with Gasteiger partial charge in [0.2, 0.25) is 5.91 Å². The number of methoxy groups -OCH3 is 2. The first-order valence-corrected chi connectivity index (χ1v) is 6.83. The van der Waals surface area contributed by atoms with Crippen LogP contribution in [0, 0.1) is 0 Å². The molecule has 5 nitrogen and oxygen atoms in total. The summed E-state index contributed by atoms with van der Waals surface area (Å²) in [5, 5.41) is 0. The fourth-order valence-corrected chi connectivity index (χ4v) is 2.59. The number of ether oxygens (including phenoxy) is 2. The number of carbonyl (C=O) groups is 1. The third-order valence-corrected chi connectivity index (χ3v) is 3.75. The van der Waals surface area contributed by atoms with Crippen LogP contribution >= 0.6 is 12.4 Å². The highest BCUT2D eigenvalue weighted by Crippen LogP contribution is 2.28. The predicted octanol–water partition coefficient (Wildman–Crippen LogP) is 1.41. The van der Waals surface area contributed by atoms with E-state index in [1.54, 1.807) is 14.2 Å². The molecule has 6 heteroatoms. The van der Waals surface area contributed by atoms with Crippen molar-refractivity contribution < 1.29 is 14.3 Å². The fraction of sp³-hybridized carbons (Fsp3) is 0.533. The Hall–Kier alpha value is -1.30. The number of amides is 1. The Kier molecular flexibility index (Phi) is 6.95. The molecule has 0 spiro atoms. The van der Waals surface area contributed by atoms with Crippen molar-refractivity contribution in [1.82, 2.24) is 4.90 Å². The number of benzene rings is 1. The second-order valence-corrected chi connectivity index (χ2v) is 5.10. The van der Waals surface area contributed by atoms with E-state index in [1.165, 1.54) is 5.56 Å². The van der Waals surface area contributed by atoms with E-state index in [4.69, 9.17) is 15.2 Å². The number of hydrogen-bond acceptors (Lipinski definition) is 4. The van der Waals surface area contributed by atoms with Gasteiger partial charge in [0.25, 0.3) is 0 Å². The standard InChI is InChI=1S/C15H22N2O3.ClH/c1-19-10-14(16)15(18)17-8-7-12(9-17)11-3-5-13(20-2)6-4-11;/h3-6,12,14H,7-10,16H2,1-2H3;1H. The number of nitrogens with zero attached hydrogens (tertiary/aromatic N) is 1. The highest BCUT2D eigenvalue weighted by Gasteiger charge is 2.29. The van der Waals surface area contributed by atoms with E-state index < -0.39 is 6.04 Å². The summed E-state index contributed by atoms with van der Waals surface area (Å²) in [6.07, 6.45) is 0.970. The van der Waals surface area contributed by atoms with E-state index in [0.717, 1.165) is 25.3 Å². The van der Waals surface area contributed by atoms with Gasteiger partial charge in [-0.1, -0.05) is 12.1 Å². The molecule has 1 saturated heterocycles. The van der Waals surface area contributed by atoms with Crippen molar-refractivity contribution in [3.05, 3.63) is 29.8 Å². The predicted molar refractivity (Wildman–Crippen MR) is 84.0 cm³/mol. The van der Waals surface area contributed by atoms with Gasteiger partial charge >= 0.3 is 0 Å². The average Bonchev–Trinajstić information content (AvgIpc) is 2.96. The Balaban J connectivity index is 0.00000220. The van der Waals surface area contributed by atoms with Crippen LogP contribution in [0.15, 0.2) is 24.3 Å². The van der Waals surface area contributed by atoms with Crippen LogP contribution in [0.3, 0.4) is 0 Å². The lowest BCUT2D eigenvalue weighted by Gasteiger charge is -2.20. The Bertz CT molecular complexity index is 453. The minimum Gasteiger partial charge on any atom is -0.497 e. The molecule has 1 aliphatic rings. The van der Waals surface area contributed by atoms with Gasteiger partial charge < -0.3 is 20.1 Å². The average molecular weight is 315 g/mol. The summed E-state index contributed by atoms with van der Waals surface area (Å²) in [5.41, 5.74) is 7.03. The minimum absolute atomic E-state index is 0. The van der Waals surface area contributed by atoms with Gasteiger partial charge in [-0.2, -0.15) is 0 Å². The number of carbonyl (C=O) groups excluding carboxylic acids is 1. The number of nitrogens with two attached hydrogens (primary N) is 1. The van der Waals surface area contributed by atoms with Crippen LogP contribution in [0.5, 0.6) is 5.75 Å². The van der Waals surface area contributed by atoms with Gasteiger partial charge in [0.1, 0.15) is 11.8 Å². The van der Waals surface area contributed by atoms with Crippen LogP contribution in [-0.2, 0) is 9.53 Å². The van der Waals surface area contributed by atoms with Crippen molar-refractivity contribution in [1.29, 1.82) is 0 Å². The molecule has 0 radical (unpaired) electrons. The molecular formula is C15H23ClN2O3. The van der Waals surface area contributed by atoms with Crippen molar-refractivity contribution in [2.24, 2.45) is 5.73 Å². The Morgan fingerprint density at radius 1 is 1.38 bits per heavy atom. The summed E-state index contributed by atoms with van der Waals surface area (Å²) in [4.78, 5) is 13.9. The van der Waals surface area contributed by atoms with Crippen LogP contribution in [-0.4, -0.2) is 50.8 Å². The highest BCUT2D eigenvalue weighted by atomic mass is 35.5. The Morgan fingerprint density at radius 2 is 2.05 bits per heavy atom. The molecule has 1 fully saturated rings. The van der Waals surface area contributed by atoms with Gasteiger partial charge in [0, 0.05) is 26.1 Å². The van der Waals surface area contributed by atoms with Gasteiger partial charge in [0.05, 0.1) is 13.7 Å².